The van der Waals surface area contributed by atoms with E-state index < -0.39 is 8.07 Å². The lowest BCUT2D eigenvalue weighted by molar-refractivity contribution is 0.0791. The van der Waals surface area contributed by atoms with Crippen molar-refractivity contribution in [1.29, 1.82) is 0 Å². The molecule has 31 heavy (non-hydrogen) atoms. The first kappa shape index (κ1) is 21.7. The van der Waals surface area contributed by atoms with Gasteiger partial charge in [0.25, 0.3) is 0 Å². The van der Waals surface area contributed by atoms with Crippen molar-refractivity contribution in [2.45, 2.75) is 45.3 Å². The molecule has 0 aliphatic heterocycles. The summed E-state index contributed by atoms with van der Waals surface area (Å²) in [5.74, 6) is -0.177. The molecule has 0 spiro atoms. The van der Waals surface area contributed by atoms with Crippen LogP contribution in [0, 0.1) is 6.92 Å². The van der Waals surface area contributed by atoms with Crippen molar-refractivity contribution < 1.29 is 9.84 Å². The Labute approximate surface area is 184 Å². The highest BCUT2D eigenvalue weighted by Crippen LogP contribution is 2.29. The Morgan fingerprint density at radius 2 is 1.84 bits per heavy atom. The van der Waals surface area contributed by atoms with Crippen LogP contribution in [0.2, 0.25) is 25.7 Å². The zero-order valence-electron chi connectivity index (χ0n) is 18.8. The van der Waals surface area contributed by atoms with Gasteiger partial charge < -0.3 is 9.84 Å². The molecule has 4 aromatic rings. The molecule has 5 nitrogen and oxygen atoms in total. The monoisotopic (exact) mass is 433 g/mol. The zero-order valence-corrected chi connectivity index (χ0v) is 19.8. The van der Waals surface area contributed by atoms with E-state index in [1.165, 1.54) is 0 Å². The average molecular weight is 434 g/mol. The number of hydrogen-bond donors (Lipinski definition) is 1. The fourth-order valence-electron chi connectivity index (χ4n) is 3.85. The molecule has 2 aromatic heterocycles. The number of aliphatic hydroxyl groups is 1. The lowest BCUT2D eigenvalue weighted by Crippen LogP contribution is -2.22. The molecule has 0 radical (unpaired) electrons. The van der Waals surface area contributed by atoms with Crippen molar-refractivity contribution in [3.63, 3.8) is 0 Å². The number of aromatic nitrogens is 3. The maximum absolute atomic E-state index is 10.2. The molecule has 0 saturated carbocycles. The van der Waals surface area contributed by atoms with Gasteiger partial charge in [-0.3, -0.25) is 4.98 Å². The molecule has 6 heteroatoms. The number of nitrogens with zero attached hydrogens (tertiary/aromatic N) is 3. The number of hydrogen-bond acceptors (Lipinski definition) is 4. The van der Waals surface area contributed by atoms with E-state index in [2.05, 4.69) is 61.9 Å². The Kier molecular flexibility index (Phi) is 6.23. The van der Waals surface area contributed by atoms with E-state index in [9.17, 15) is 5.11 Å². The minimum atomic E-state index is -1.09. The normalized spacial score (nSPS) is 13.2. The van der Waals surface area contributed by atoms with Crippen LogP contribution < -0.4 is 0 Å². The van der Waals surface area contributed by atoms with Crippen LogP contribution in [0.15, 0.2) is 54.9 Å². The van der Waals surface area contributed by atoms with E-state index in [0.29, 0.717) is 6.73 Å². The third-order valence-corrected chi connectivity index (χ3v) is 7.39. The average Bonchev–Trinajstić information content (AvgIpc) is 3.15. The van der Waals surface area contributed by atoms with Crippen LogP contribution in [0.1, 0.15) is 22.7 Å². The van der Waals surface area contributed by atoms with E-state index in [-0.39, 0.29) is 12.5 Å². The van der Waals surface area contributed by atoms with Gasteiger partial charge in [-0.25, -0.2) is 4.68 Å². The predicted octanol–water partition coefficient (Wildman–Crippen LogP) is 5.33. The van der Waals surface area contributed by atoms with Crippen molar-refractivity contribution in [1.82, 2.24) is 14.8 Å². The Hall–Kier alpha value is -2.54. The third kappa shape index (κ3) is 5.03. The van der Waals surface area contributed by atoms with E-state index in [4.69, 9.17) is 9.84 Å². The molecule has 0 bridgehead atoms. The Morgan fingerprint density at radius 3 is 2.58 bits per heavy atom. The molecule has 1 unspecified atom stereocenters. The molecule has 0 fully saturated rings. The third-order valence-electron chi connectivity index (χ3n) is 5.68. The quantitative estimate of drug-likeness (QED) is 0.301. The molecule has 2 heterocycles. The first-order chi connectivity index (χ1) is 14.8. The number of fused-ring (bicyclic) bond motifs is 2. The summed E-state index contributed by atoms with van der Waals surface area (Å²) < 4.78 is 7.73. The van der Waals surface area contributed by atoms with E-state index in [0.717, 1.165) is 51.1 Å². The topological polar surface area (TPSA) is 60.2 Å². The van der Waals surface area contributed by atoms with Gasteiger partial charge in [0.2, 0.25) is 0 Å². The Balaban J connectivity index is 1.59. The molecule has 4 rings (SSSR count). The summed E-state index contributed by atoms with van der Waals surface area (Å²) in [6, 6.07) is 15.6. The Bertz CT molecular complexity index is 1200. The lowest BCUT2D eigenvalue weighted by Gasteiger charge is -2.16. The van der Waals surface area contributed by atoms with E-state index in [1.807, 2.05) is 29.2 Å². The molecule has 0 saturated heterocycles. The van der Waals surface area contributed by atoms with Gasteiger partial charge in [-0.1, -0.05) is 50.0 Å². The van der Waals surface area contributed by atoms with Gasteiger partial charge in [-0.05, 0) is 41.6 Å². The van der Waals surface area contributed by atoms with Gasteiger partial charge in [0, 0.05) is 43.8 Å². The second-order valence-electron chi connectivity index (χ2n) is 9.48. The van der Waals surface area contributed by atoms with Crippen LogP contribution in [-0.2, 0) is 11.5 Å². The summed E-state index contributed by atoms with van der Waals surface area (Å²) in [6.45, 7) is 10.4. The van der Waals surface area contributed by atoms with Crippen molar-refractivity contribution in [2.24, 2.45) is 0 Å². The largest absolute Gasteiger partial charge is 0.395 e. The van der Waals surface area contributed by atoms with Crippen molar-refractivity contribution in [3.05, 3.63) is 71.7 Å². The minimum absolute atomic E-state index is 0.00419. The summed E-state index contributed by atoms with van der Waals surface area (Å²) >= 11 is 0. The molecule has 1 N–H and O–H groups in total. The first-order valence-corrected chi connectivity index (χ1v) is 14.6. The summed E-state index contributed by atoms with van der Waals surface area (Å²) in [5, 5.41) is 18.2. The maximum Gasteiger partial charge on any atom is 0.139 e. The highest BCUT2D eigenvalue weighted by molar-refractivity contribution is 6.76. The molecular formula is C25H31N3O2Si. The van der Waals surface area contributed by atoms with Crippen LogP contribution in [0.25, 0.3) is 21.7 Å². The van der Waals surface area contributed by atoms with Crippen LogP contribution in [-0.4, -0.2) is 41.2 Å². The van der Waals surface area contributed by atoms with Gasteiger partial charge in [0.1, 0.15) is 6.73 Å². The number of aliphatic hydroxyl groups excluding tert-OH is 1. The van der Waals surface area contributed by atoms with Gasteiger partial charge in [-0.2, -0.15) is 5.10 Å². The predicted molar refractivity (Wildman–Crippen MR) is 129 cm³/mol. The minimum Gasteiger partial charge on any atom is -0.395 e. The molecule has 1 atom stereocenters. The van der Waals surface area contributed by atoms with E-state index >= 15 is 0 Å². The second kappa shape index (κ2) is 8.90. The standard InChI is InChI=1S/C25H31N3O2Si/c1-18-11-21(23(16-29)24-13-19-7-5-6-8-20(19)14-26-24)12-22-15-28(27-25(18)22)17-30-9-10-31(2,3)4/h5-8,11-15,23,29H,9-10,16-17H2,1-4H3. The molecule has 162 valence electrons. The van der Waals surface area contributed by atoms with Gasteiger partial charge in [0.05, 0.1) is 17.8 Å². The molecule has 0 amide bonds. The van der Waals surface area contributed by atoms with Crippen LogP contribution >= 0.6 is 0 Å². The molecule has 0 aliphatic carbocycles. The highest BCUT2D eigenvalue weighted by atomic mass is 28.3. The van der Waals surface area contributed by atoms with Crippen molar-refractivity contribution in [2.75, 3.05) is 13.2 Å². The molecule has 0 aliphatic rings. The van der Waals surface area contributed by atoms with Crippen molar-refractivity contribution in [3.8, 4) is 0 Å². The number of rotatable bonds is 8. The number of benzene rings is 2. The molecular weight excluding hydrogens is 402 g/mol. The van der Waals surface area contributed by atoms with Crippen LogP contribution in [0.3, 0.4) is 0 Å². The van der Waals surface area contributed by atoms with Crippen LogP contribution in [0.4, 0.5) is 0 Å². The fraction of sp³-hybridized carbons (Fsp3) is 0.360. The SMILES string of the molecule is Cc1cc(C(CO)c2cc3ccccc3cn2)cc2cn(COCC[Si](C)(C)C)nc12. The second-order valence-corrected chi connectivity index (χ2v) is 15.1. The maximum atomic E-state index is 10.2. The summed E-state index contributed by atoms with van der Waals surface area (Å²) in [4.78, 5) is 4.64. The fourth-order valence-corrected chi connectivity index (χ4v) is 4.61. The summed E-state index contributed by atoms with van der Waals surface area (Å²) in [7, 11) is -1.09. The van der Waals surface area contributed by atoms with Gasteiger partial charge >= 0.3 is 0 Å². The van der Waals surface area contributed by atoms with Crippen LogP contribution in [0.5, 0.6) is 0 Å². The summed E-state index contributed by atoms with van der Waals surface area (Å²) in [5.41, 5.74) is 3.99. The number of ether oxygens (including phenoxy) is 1. The van der Waals surface area contributed by atoms with Gasteiger partial charge in [-0.15, -0.1) is 0 Å². The Morgan fingerprint density at radius 1 is 1.06 bits per heavy atom. The lowest BCUT2D eigenvalue weighted by atomic mass is 9.92. The highest BCUT2D eigenvalue weighted by Gasteiger charge is 2.18. The van der Waals surface area contributed by atoms with Crippen molar-refractivity contribution >= 4 is 29.7 Å². The van der Waals surface area contributed by atoms with E-state index in [1.54, 1.807) is 0 Å². The zero-order chi connectivity index (χ0) is 22.0. The first-order valence-electron chi connectivity index (χ1n) is 10.8. The number of pyridine rings is 1. The summed E-state index contributed by atoms with van der Waals surface area (Å²) in [6.07, 6.45) is 3.91. The smallest absolute Gasteiger partial charge is 0.139 e. The molecule has 2 aromatic carbocycles. The number of aryl methyl sites for hydroxylation is 1. The van der Waals surface area contributed by atoms with Gasteiger partial charge in [0.15, 0.2) is 0 Å².